The van der Waals surface area contributed by atoms with Gasteiger partial charge in [0, 0.05) is 34.6 Å². The molecule has 8 heteroatoms. The first-order valence-electron chi connectivity index (χ1n) is 7.94. The fourth-order valence-electron chi connectivity index (χ4n) is 3.02. The highest BCUT2D eigenvalue weighted by Crippen LogP contribution is 2.42. The second kappa shape index (κ2) is 6.94. The second-order valence-electron chi connectivity index (χ2n) is 5.77. The Morgan fingerprint density at radius 1 is 1.15 bits per heavy atom. The number of benzene rings is 1. The minimum Gasteiger partial charge on any atom is -0.507 e. The van der Waals surface area contributed by atoms with E-state index in [1.54, 1.807) is 48.0 Å². The Balaban J connectivity index is 1.96. The largest absolute Gasteiger partial charge is 0.507 e. The Labute approximate surface area is 163 Å². The fraction of sp³-hybridized carbons (Fsp3) is 0.0526. The average Bonchev–Trinajstić information content (AvgIpc) is 3.29. The van der Waals surface area contributed by atoms with Crippen molar-refractivity contribution in [2.45, 2.75) is 6.04 Å². The van der Waals surface area contributed by atoms with Gasteiger partial charge in [-0.1, -0.05) is 23.7 Å². The molecular formula is C19H12ClN3O3S. The molecule has 0 saturated carbocycles. The number of hydrogen-bond acceptors (Lipinski definition) is 6. The number of carbonyl (C=O) groups excluding carboxylic acids is 2. The number of thiazole rings is 1. The van der Waals surface area contributed by atoms with Crippen LogP contribution in [-0.2, 0) is 9.59 Å². The molecule has 6 nitrogen and oxygen atoms in total. The van der Waals surface area contributed by atoms with Gasteiger partial charge in [0.2, 0.25) is 0 Å². The van der Waals surface area contributed by atoms with Crippen LogP contribution in [0, 0.1) is 0 Å². The Hall–Kier alpha value is -3.03. The molecule has 27 heavy (non-hydrogen) atoms. The molecule has 2 aromatic heterocycles. The van der Waals surface area contributed by atoms with Crippen molar-refractivity contribution in [2.75, 3.05) is 4.90 Å². The number of ketones is 1. The highest BCUT2D eigenvalue weighted by Gasteiger charge is 2.47. The maximum Gasteiger partial charge on any atom is 0.301 e. The summed E-state index contributed by atoms with van der Waals surface area (Å²) in [4.78, 5) is 35.0. The molecule has 3 heterocycles. The third-order valence-corrected chi connectivity index (χ3v) is 5.19. The van der Waals surface area contributed by atoms with Gasteiger partial charge in [0.1, 0.15) is 5.76 Å². The molecule has 0 bridgehead atoms. The molecule has 1 N–H and O–H groups in total. The van der Waals surface area contributed by atoms with Crippen LogP contribution < -0.4 is 4.90 Å². The standard InChI is InChI=1S/C19H12ClN3O3S/c20-13-3-1-2-12(10-13)15-14(16(24)11-4-6-21-7-5-11)17(25)18(26)23(15)19-22-8-9-27-19/h1-10,15,24H/b16-14+. The number of aromatic nitrogens is 2. The number of aliphatic hydroxyl groups is 1. The van der Waals surface area contributed by atoms with Gasteiger partial charge in [0.05, 0.1) is 11.6 Å². The zero-order chi connectivity index (χ0) is 19.0. The minimum atomic E-state index is -0.831. The highest BCUT2D eigenvalue weighted by atomic mass is 35.5. The van der Waals surface area contributed by atoms with Crippen LogP contribution in [-0.4, -0.2) is 26.8 Å². The van der Waals surface area contributed by atoms with E-state index in [9.17, 15) is 14.7 Å². The highest BCUT2D eigenvalue weighted by molar-refractivity contribution is 7.14. The van der Waals surface area contributed by atoms with E-state index >= 15 is 0 Å². The van der Waals surface area contributed by atoms with Crippen molar-refractivity contribution in [2.24, 2.45) is 0 Å². The lowest BCUT2D eigenvalue weighted by molar-refractivity contribution is -0.132. The van der Waals surface area contributed by atoms with Gasteiger partial charge in [-0.2, -0.15) is 0 Å². The van der Waals surface area contributed by atoms with Crippen molar-refractivity contribution in [1.29, 1.82) is 0 Å². The van der Waals surface area contributed by atoms with Crippen molar-refractivity contribution in [3.05, 3.63) is 82.1 Å². The Bertz CT molecular complexity index is 1050. The summed E-state index contributed by atoms with van der Waals surface area (Å²) in [5.74, 6) is -1.78. The van der Waals surface area contributed by atoms with Gasteiger partial charge in [0.15, 0.2) is 5.13 Å². The predicted octanol–water partition coefficient (Wildman–Crippen LogP) is 3.82. The van der Waals surface area contributed by atoms with Crippen LogP contribution >= 0.6 is 22.9 Å². The van der Waals surface area contributed by atoms with Gasteiger partial charge in [-0.3, -0.25) is 19.5 Å². The summed E-state index contributed by atoms with van der Waals surface area (Å²) in [6.45, 7) is 0. The van der Waals surface area contributed by atoms with Gasteiger partial charge < -0.3 is 5.11 Å². The van der Waals surface area contributed by atoms with Crippen LogP contribution in [0.2, 0.25) is 5.02 Å². The number of rotatable bonds is 3. The molecule has 1 amide bonds. The van der Waals surface area contributed by atoms with Gasteiger partial charge >= 0.3 is 5.91 Å². The summed E-state index contributed by atoms with van der Waals surface area (Å²) < 4.78 is 0. The first-order chi connectivity index (χ1) is 13.1. The summed E-state index contributed by atoms with van der Waals surface area (Å²) in [5.41, 5.74) is 0.991. The number of aliphatic hydroxyl groups excluding tert-OH is 1. The Morgan fingerprint density at radius 2 is 1.93 bits per heavy atom. The number of halogens is 1. The smallest absolute Gasteiger partial charge is 0.301 e. The number of hydrogen-bond donors (Lipinski definition) is 1. The van der Waals surface area contributed by atoms with Gasteiger partial charge in [0.25, 0.3) is 5.78 Å². The predicted molar refractivity (Wildman–Crippen MR) is 103 cm³/mol. The summed E-state index contributed by atoms with van der Waals surface area (Å²) in [5, 5.41) is 13.4. The molecule has 134 valence electrons. The minimum absolute atomic E-state index is 0.0105. The molecule has 4 rings (SSSR count). The van der Waals surface area contributed by atoms with Gasteiger partial charge in [-0.15, -0.1) is 11.3 Å². The van der Waals surface area contributed by atoms with E-state index in [0.717, 1.165) is 0 Å². The van der Waals surface area contributed by atoms with Crippen LogP contribution in [0.4, 0.5) is 5.13 Å². The van der Waals surface area contributed by atoms with E-state index in [1.807, 2.05) is 0 Å². The molecule has 3 aromatic rings. The van der Waals surface area contributed by atoms with Gasteiger partial charge in [-0.05, 0) is 29.8 Å². The maximum atomic E-state index is 12.8. The number of nitrogens with zero attached hydrogens (tertiary/aromatic N) is 3. The summed E-state index contributed by atoms with van der Waals surface area (Å²) in [6, 6.07) is 9.15. The van der Waals surface area contributed by atoms with E-state index in [0.29, 0.717) is 21.3 Å². The molecule has 1 aliphatic heterocycles. The number of anilines is 1. The second-order valence-corrected chi connectivity index (χ2v) is 7.08. The van der Waals surface area contributed by atoms with Crippen molar-refractivity contribution >= 4 is 45.5 Å². The third kappa shape index (κ3) is 3.01. The van der Waals surface area contributed by atoms with Crippen LogP contribution in [0.3, 0.4) is 0 Å². The van der Waals surface area contributed by atoms with Crippen molar-refractivity contribution in [3.8, 4) is 0 Å². The van der Waals surface area contributed by atoms with Crippen LogP contribution in [0.5, 0.6) is 0 Å². The molecule has 1 atom stereocenters. The Morgan fingerprint density at radius 3 is 2.59 bits per heavy atom. The van der Waals surface area contributed by atoms with Crippen molar-refractivity contribution < 1.29 is 14.7 Å². The SMILES string of the molecule is O=C1C(=O)N(c2nccs2)C(c2cccc(Cl)c2)/C1=C(\O)c1ccncc1. The molecule has 1 unspecified atom stereocenters. The molecule has 0 radical (unpaired) electrons. The van der Waals surface area contributed by atoms with Crippen molar-refractivity contribution in [1.82, 2.24) is 9.97 Å². The summed E-state index contributed by atoms with van der Waals surface area (Å²) in [7, 11) is 0. The molecule has 1 fully saturated rings. The van der Waals surface area contributed by atoms with E-state index < -0.39 is 17.7 Å². The topological polar surface area (TPSA) is 83.4 Å². The molecule has 1 aliphatic rings. The monoisotopic (exact) mass is 397 g/mol. The summed E-state index contributed by atoms with van der Waals surface area (Å²) >= 11 is 7.36. The first-order valence-corrected chi connectivity index (χ1v) is 9.20. The number of Topliss-reactive ketones (excluding diaryl/α,β-unsaturated/α-hetero) is 1. The number of amides is 1. The lowest BCUT2D eigenvalue weighted by atomic mass is 9.96. The van der Waals surface area contributed by atoms with E-state index in [4.69, 9.17) is 11.6 Å². The molecule has 0 aliphatic carbocycles. The molecular weight excluding hydrogens is 386 g/mol. The normalized spacial score (nSPS) is 18.9. The first kappa shape index (κ1) is 17.4. The Kier molecular flexibility index (Phi) is 4.47. The van der Waals surface area contributed by atoms with Crippen molar-refractivity contribution in [3.63, 3.8) is 0 Å². The quantitative estimate of drug-likeness (QED) is 0.412. The lowest BCUT2D eigenvalue weighted by Crippen LogP contribution is -2.29. The van der Waals surface area contributed by atoms with Crippen LogP contribution in [0.1, 0.15) is 17.2 Å². The van der Waals surface area contributed by atoms with E-state index in [2.05, 4.69) is 9.97 Å². The maximum absolute atomic E-state index is 12.8. The zero-order valence-corrected chi connectivity index (χ0v) is 15.3. The molecule has 1 aromatic carbocycles. The lowest BCUT2D eigenvalue weighted by Gasteiger charge is -2.23. The van der Waals surface area contributed by atoms with Crippen LogP contribution in [0.15, 0.2) is 65.9 Å². The molecule has 0 spiro atoms. The van der Waals surface area contributed by atoms with Gasteiger partial charge in [-0.25, -0.2) is 4.98 Å². The van der Waals surface area contributed by atoms with Crippen LogP contribution in [0.25, 0.3) is 5.76 Å². The third-order valence-electron chi connectivity index (χ3n) is 4.19. The fourth-order valence-corrected chi connectivity index (χ4v) is 3.89. The number of pyridine rings is 1. The number of carbonyl (C=O) groups is 2. The van der Waals surface area contributed by atoms with E-state index in [1.165, 1.54) is 28.6 Å². The average molecular weight is 398 g/mol. The zero-order valence-electron chi connectivity index (χ0n) is 13.7. The summed E-state index contributed by atoms with van der Waals surface area (Å²) in [6.07, 6.45) is 4.55. The molecule has 1 saturated heterocycles. The van der Waals surface area contributed by atoms with E-state index in [-0.39, 0.29) is 11.3 Å².